The molecule has 4 aromatic rings. The Kier molecular flexibility index (Phi) is 6.65. The van der Waals surface area contributed by atoms with Crippen LogP contribution < -0.4 is 4.74 Å². The van der Waals surface area contributed by atoms with Crippen molar-refractivity contribution in [3.05, 3.63) is 75.2 Å². The maximum Gasteiger partial charge on any atom is 0.333 e. The van der Waals surface area contributed by atoms with E-state index in [0.29, 0.717) is 19.6 Å². The van der Waals surface area contributed by atoms with Gasteiger partial charge in [0.25, 0.3) is 0 Å². The molecule has 4 rings (SSSR count). The second kappa shape index (κ2) is 9.42. The highest BCUT2D eigenvalue weighted by atomic mass is 79.9. The summed E-state index contributed by atoms with van der Waals surface area (Å²) >= 11 is 7.15. The molecule has 0 aliphatic carbocycles. The Balaban J connectivity index is 1.49. The van der Waals surface area contributed by atoms with E-state index in [0.717, 1.165) is 31.3 Å². The number of aliphatic carboxylic acids is 1. The summed E-state index contributed by atoms with van der Waals surface area (Å²) in [5.74, 6) is -0.215. The molecule has 1 heterocycles. The van der Waals surface area contributed by atoms with Crippen LogP contribution in [0.15, 0.2) is 69.6 Å². The van der Waals surface area contributed by atoms with Gasteiger partial charge in [0, 0.05) is 44.3 Å². The van der Waals surface area contributed by atoms with Gasteiger partial charge in [-0.15, -0.1) is 0 Å². The molecule has 1 N–H and O–H groups in total. The van der Waals surface area contributed by atoms with Crippen LogP contribution in [0.4, 0.5) is 0 Å². The molecular formula is C24H21Br2NO4. The first kappa shape index (κ1) is 21.9. The molecule has 0 spiro atoms. The molecule has 5 nitrogen and oxygen atoms in total. The smallest absolute Gasteiger partial charge is 0.333 e. The Morgan fingerprint density at radius 1 is 0.968 bits per heavy atom. The molecule has 160 valence electrons. The van der Waals surface area contributed by atoms with Crippen LogP contribution in [0.2, 0.25) is 0 Å². The monoisotopic (exact) mass is 545 g/mol. The lowest BCUT2D eigenvalue weighted by Gasteiger charge is -2.12. The van der Waals surface area contributed by atoms with Crippen LogP contribution >= 0.6 is 31.9 Å². The molecule has 1 unspecified atom stereocenters. The summed E-state index contributed by atoms with van der Waals surface area (Å²) in [5.41, 5.74) is 3.21. The van der Waals surface area contributed by atoms with Crippen molar-refractivity contribution in [3.63, 3.8) is 0 Å². The number of methoxy groups -OCH3 is 1. The van der Waals surface area contributed by atoms with Crippen LogP contribution in [0, 0.1) is 0 Å². The van der Waals surface area contributed by atoms with Crippen molar-refractivity contribution < 1.29 is 19.4 Å². The van der Waals surface area contributed by atoms with Crippen LogP contribution in [0.3, 0.4) is 0 Å². The SMILES string of the molecule is COC(Cc1ccc(OCCn2c3ccc(Br)cc3c3cc(Br)ccc32)cc1)C(=O)O. The number of carboxylic acid groups (broad SMARTS) is 1. The lowest BCUT2D eigenvalue weighted by Crippen LogP contribution is -2.24. The molecule has 3 aromatic carbocycles. The number of hydrogen-bond acceptors (Lipinski definition) is 3. The first-order valence-corrected chi connectivity index (χ1v) is 11.4. The van der Waals surface area contributed by atoms with Gasteiger partial charge in [0.1, 0.15) is 12.4 Å². The fourth-order valence-corrected chi connectivity index (χ4v) is 4.47. The van der Waals surface area contributed by atoms with Gasteiger partial charge in [-0.3, -0.25) is 0 Å². The number of fused-ring (bicyclic) bond motifs is 3. The fraction of sp³-hybridized carbons (Fsp3) is 0.208. The third-order valence-corrected chi connectivity index (χ3v) is 6.26. The largest absolute Gasteiger partial charge is 0.492 e. The number of carbonyl (C=O) groups is 1. The highest BCUT2D eigenvalue weighted by Gasteiger charge is 2.16. The van der Waals surface area contributed by atoms with E-state index in [9.17, 15) is 4.79 Å². The van der Waals surface area contributed by atoms with Gasteiger partial charge in [0.05, 0.1) is 6.54 Å². The van der Waals surface area contributed by atoms with Crippen molar-refractivity contribution >= 4 is 59.6 Å². The van der Waals surface area contributed by atoms with Gasteiger partial charge in [-0.2, -0.15) is 0 Å². The Bertz CT molecular complexity index is 1170. The van der Waals surface area contributed by atoms with Crippen LogP contribution in [-0.4, -0.2) is 35.5 Å². The number of aromatic nitrogens is 1. The summed E-state index contributed by atoms with van der Waals surface area (Å²) in [6, 6.07) is 20.1. The van der Waals surface area contributed by atoms with Gasteiger partial charge in [0.15, 0.2) is 6.10 Å². The van der Waals surface area contributed by atoms with Crippen molar-refractivity contribution in [2.75, 3.05) is 13.7 Å². The summed E-state index contributed by atoms with van der Waals surface area (Å²) in [6.45, 7) is 1.22. The van der Waals surface area contributed by atoms with Crippen molar-refractivity contribution in [1.82, 2.24) is 4.57 Å². The number of carboxylic acids is 1. The average molecular weight is 547 g/mol. The molecular weight excluding hydrogens is 526 g/mol. The molecule has 0 amide bonds. The predicted octanol–water partition coefficient (Wildman–Crippen LogP) is 6.04. The van der Waals surface area contributed by atoms with Crippen LogP contribution in [0.1, 0.15) is 5.56 Å². The minimum absolute atomic E-state index is 0.318. The second-order valence-corrected chi connectivity index (χ2v) is 9.07. The van der Waals surface area contributed by atoms with Gasteiger partial charge >= 0.3 is 5.97 Å². The molecule has 0 aliphatic rings. The van der Waals surface area contributed by atoms with E-state index in [1.807, 2.05) is 24.3 Å². The molecule has 0 bridgehead atoms. The topological polar surface area (TPSA) is 60.7 Å². The Labute approximate surface area is 196 Å². The molecule has 31 heavy (non-hydrogen) atoms. The number of benzene rings is 3. The van der Waals surface area contributed by atoms with Crippen molar-refractivity contribution in [2.45, 2.75) is 19.1 Å². The Morgan fingerprint density at radius 3 is 2.06 bits per heavy atom. The van der Waals surface area contributed by atoms with Gasteiger partial charge < -0.3 is 19.1 Å². The molecule has 7 heteroatoms. The van der Waals surface area contributed by atoms with E-state index in [-0.39, 0.29) is 0 Å². The van der Waals surface area contributed by atoms with Gasteiger partial charge in [-0.05, 0) is 54.1 Å². The molecule has 0 fully saturated rings. The highest BCUT2D eigenvalue weighted by Crippen LogP contribution is 2.33. The van der Waals surface area contributed by atoms with Crippen LogP contribution in [0.5, 0.6) is 5.75 Å². The zero-order chi connectivity index (χ0) is 22.0. The zero-order valence-electron chi connectivity index (χ0n) is 16.8. The third kappa shape index (κ3) is 4.79. The predicted molar refractivity (Wildman–Crippen MR) is 129 cm³/mol. The third-order valence-electron chi connectivity index (χ3n) is 5.28. The van der Waals surface area contributed by atoms with E-state index >= 15 is 0 Å². The first-order valence-electron chi connectivity index (χ1n) is 9.80. The number of rotatable bonds is 8. The minimum Gasteiger partial charge on any atom is -0.492 e. The number of hydrogen-bond donors (Lipinski definition) is 1. The fourth-order valence-electron chi connectivity index (χ4n) is 3.75. The molecule has 1 atom stereocenters. The van der Waals surface area contributed by atoms with Crippen LogP contribution in [0.25, 0.3) is 21.8 Å². The second-order valence-electron chi connectivity index (χ2n) is 7.23. The van der Waals surface area contributed by atoms with Crippen molar-refractivity contribution in [2.24, 2.45) is 0 Å². The van der Waals surface area contributed by atoms with Gasteiger partial charge in [-0.1, -0.05) is 44.0 Å². The Morgan fingerprint density at radius 2 is 1.55 bits per heavy atom. The first-order chi connectivity index (χ1) is 15.0. The normalized spacial score (nSPS) is 12.4. The quantitative estimate of drug-likeness (QED) is 0.292. The van der Waals surface area contributed by atoms with E-state index in [2.05, 4.69) is 72.8 Å². The molecule has 1 aromatic heterocycles. The number of ether oxygens (including phenoxy) is 2. The lowest BCUT2D eigenvalue weighted by atomic mass is 10.1. The molecule has 0 aliphatic heterocycles. The van der Waals surface area contributed by atoms with E-state index < -0.39 is 12.1 Å². The zero-order valence-corrected chi connectivity index (χ0v) is 20.0. The van der Waals surface area contributed by atoms with E-state index in [4.69, 9.17) is 14.6 Å². The minimum atomic E-state index is -0.965. The summed E-state index contributed by atoms with van der Waals surface area (Å²) in [6.07, 6.45) is -0.527. The summed E-state index contributed by atoms with van der Waals surface area (Å²) in [5, 5.41) is 11.5. The van der Waals surface area contributed by atoms with E-state index in [1.54, 1.807) is 0 Å². The summed E-state index contributed by atoms with van der Waals surface area (Å²) < 4.78 is 15.3. The van der Waals surface area contributed by atoms with Crippen molar-refractivity contribution in [1.29, 1.82) is 0 Å². The average Bonchev–Trinajstić information content (AvgIpc) is 3.05. The molecule has 0 saturated heterocycles. The Hall–Kier alpha value is -2.35. The van der Waals surface area contributed by atoms with Crippen LogP contribution in [-0.2, 0) is 22.5 Å². The number of nitrogens with zero attached hydrogens (tertiary/aromatic N) is 1. The molecule has 0 saturated carbocycles. The van der Waals surface area contributed by atoms with E-state index in [1.165, 1.54) is 17.9 Å². The summed E-state index contributed by atoms with van der Waals surface area (Å²) in [4.78, 5) is 11.1. The molecule has 0 radical (unpaired) electrons. The lowest BCUT2D eigenvalue weighted by molar-refractivity contribution is -0.148. The maximum absolute atomic E-state index is 11.1. The standard InChI is InChI=1S/C24H21Br2NO4/c1-30-23(24(28)29)12-15-2-6-18(7-3-15)31-11-10-27-21-8-4-16(25)13-19(21)20-14-17(26)5-9-22(20)27/h2-9,13-14,23H,10-12H2,1H3,(H,28,29). The maximum atomic E-state index is 11.1. The van der Waals surface area contributed by atoms with Gasteiger partial charge in [-0.25, -0.2) is 4.79 Å². The highest BCUT2D eigenvalue weighted by molar-refractivity contribution is 9.10. The number of halogens is 2. The van der Waals surface area contributed by atoms with Crippen molar-refractivity contribution in [3.8, 4) is 5.75 Å². The van der Waals surface area contributed by atoms with Gasteiger partial charge in [0.2, 0.25) is 0 Å². The summed E-state index contributed by atoms with van der Waals surface area (Å²) in [7, 11) is 1.41.